The van der Waals surface area contributed by atoms with Crippen LogP contribution in [-0.2, 0) is 0 Å². The van der Waals surface area contributed by atoms with Gasteiger partial charge in [-0.15, -0.1) is 10.2 Å². The lowest BCUT2D eigenvalue weighted by Crippen LogP contribution is -2.06. The summed E-state index contributed by atoms with van der Waals surface area (Å²) in [6.45, 7) is 0. The molecule has 2 aromatic rings. The summed E-state index contributed by atoms with van der Waals surface area (Å²) < 4.78 is 4.99. The number of carbonyl (C=O) groups is 1. The van der Waals surface area contributed by atoms with Crippen molar-refractivity contribution in [2.45, 2.75) is 0 Å². The minimum absolute atomic E-state index is 0.157. The summed E-state index contributed by atoms with van der Waals surface area (Å²) >= 11 is 5.72. The van der Waals surface area contributed by atoms with Gasteiger partial charge >= 0.3 is 0 Å². The lowest BCUT2D eigenvalue weighted by atomic mass is 10.1. The molecule has 0 radical (unpaired) electrons. The van der Waals surface area contributed by atoms with Gasteiger partial charge in [0.1, 0.15) is 0 Å². The Morgan fingerprint density at radius 2 is 1.94 bits per heavy atom. The Kier molecular flexibility index (Phi) is 3.35. The molecular formula is C12H9ClN2O2. The van der Waals surface area contributed by atoms with E-state index in [4.69, 9.17) is 16.3 Å². The summed E-state index contributed by atoms with van der Waals surface area (Å²) in [5.74, 6) is -0.0255. The molecule has 17 heavy (non-hydrogen) atoms. The molecule has 0 fully saturated rings. The second-order valence-corrected chi connectivity index (χ2v) is 3.67. The van der Waals surface area contributed by atoms with Gasteiger partial charge in [0.2, 0.25) is 5.88 Å². The van der Waals surface area contributed by atoms with Crippen molar-refractivity contribution in [3.05, 3.63) is 52.7 Å². The summed E-state index contributed by atoms with van der Waals surface area (Å²) in [4.78, 5) is 12.2. The van der Waals surface area contributed by atoms with E-state index in [1.54, 1.807) is 24.3 Å². The van der Waals surface area contributed by atoms with Crippen LogP contribution in [0.1, 0.15) is 15.9 Å². The number of halogens is 1. The number of ether oxygens (including phenoxy) is 1. The Hall–Kier alpha value is -1.94. The minimum atomic E-state index is -0.195. The Labute approximate surface area is 103 Å². The fraction of sp³-hybridized carbons (Fsp3) is 0.0833. The molecule has 2 rings (SSSR count). The molecule has 0 unspecified atom stereocenters. The van der Waals surface area contributed by atoms with E-state index in [2.05, 4.69) is 10.2 Å². The maximum atomic E-state index is 12.2. The number of hydrogen-bond acceptors (Lipinski definition) is 4. The van der Waals surface area contributed by atoms with Gasteiger partial charge in [0.25, 0.3) is 0 Å². The van der Waals surface area contributed by atoms with E-state index in [-0.39, 0.29) is 16.8 Å². The lowest BCUT2D eigenvalue weighted by Gasteiger charge is -2.05. The van der Waals surface area contributed by atoms with Gasteiger partial charge in [0, 0.05) is 5.56 Å². The maximum Gasteiger partial charge on any atom is 0.244 e. The maximum absolute atomic E-state index is 12.2. The van der Waals surface area contributed by atoms with Crippen LogP contribution in [-0.4, -0.2) is 23.1 Å². The van der Waals surface area contributed by atoms with Crippen molar-refractivity contribution in [1.82, 2.24) is 10.2 Å². The van der Waals surface area contributed by atoms with Crippen molar-refractivity contribution in [3.63, 3.8) is 0 Å². The topological polar surface area (TPSA) is 52.1 Å². The molecule has 86 valence electrons. The first-order valence-corrected chi connectivity index (χ1v) is 5.27. The van der Waals surface area contributed by atoms with Crippen LogP contribution >= 0.6 is 11.6 Å². The third-order valence-corrected chi connectivity index (χ3v) is 2.39. The fourth-order valence-electron chi connectivity index (χ4n) is 1.42. The first kappa shape index (κ1) is 11.5. The molecule has 0 spiro atoms. The minimum Gasteiger partial charge on any atom is -0.479 e. The standard InChI is InChI=1S/C12H9ClN2O2/c1-17-12-9(7-10(13)14-15-12)11(16)8-5-3-2-4-6-8/h2-7H,1H3. The molecule has 5 heteroatoms. The van der Waals surface area contributed by atoms with Crippen LogP contribution in [0.5, 0.6) is 5.88 Å². The smallest absolute Gasteiger partial charge is 0.244 e. The largest absolute Gasteiger partial charge is 0.479 e. The number of rotatable bonds is 3. The van der Waals surface area contributed by atoms with Gasteiger partial charge < -0.3 is 4.74 Å². The van der Waals surface area contributed by atoms with Crippen LogP contribution in [0.3, 0.4) is 0 Å². The van der Waals surface area contributed by atoms with Gasteiger partial charge in [-0.25, -0.2) is 0 Å². The van der Waals surface area contributed by atoms with Gasteiger partial charge in [0.15, 0.2) is 10.9 Å². The van der Waals surface area contributed by atoms with E-state index in [0.29, 0.717) is 11.1 Å². The third kappa shape index (κ3) is 2.42. The molecule has 0 atom stereocenters. The van der Waals surface area contributed by atoms with Crippen molar-refractivity contribution in [2.75, 3.05) is 7.11 Å². The molecule has 0 aliphatic carbocycles. The summed E-state index contributed by atoms with van der Waals surface area (Å²) in [6, 6.07) is 10.3. The average Bonchev–Trinajstić information content (AvgIpc) is 2.39. The van der Waals surface area contributed by atoms with Crippen molar-refractivity contribution in [2.24, 2.45) is 0 Å². The molecule has 0 saturated carbocycles. The Morgan fingerprint density at radius 1 is 1.24 bits per heavy atom. The zero-order valence-electron chi connectivity index (χ0n) is 9.05. The van der Waals surface area contributed by atoms with Crippen LogP contribution in [0, 0.1) is 0 Å². The number of benzene rings is 1. The zero-order valence-corrected chi connectivity index (χ0v) is 9.81. The van der Waals surface area contributed by atoms with Gasteiger partial charge in [-0.2, -0.15) is 0 Å². The molecule has 0 aliphatic rings. The average molecular weight is 249 g/mol. The highest BCUT2D eigenvalue weighted by Crippen LogP contribution is 2.20. The van der Waals surface area contributed by atoms with Crippen molar-refractivity contribution in [1.29, 1.82) is 0 Å². The van der Waals surface area contributed by atoms with Gasteiger partial charge in [-0.05, 0) is 6.07 Å². The van der Waals surface area contributed by atoms with Crippen molar-refractivity contribution < 1.29 is 9.53 Å². The summed E-state index contributed by atoms with van der Waals surface area (Å²) in [6.07, 6.45) is 0. The highest BCUT2D eigenvalue weighted by atomic mass is 35.5. The Balaban J connectivity index is 2.47. The number of carbonyl (C=O) groups excluding carboxylic acids is 1. The number of nitrogens with zero attached hydrogens (tertiary/aromatic N) is 2. The van der Waals surface area contributed by atoms with Gasteiger partial charge in [-0.1, -0.05) is 41.9 Å². The molecule has 1 aromatic carbocycles. The molecular weight excluding hydrogens is 240 g/mol. The Morgan fingerprint density at radius 3 is 2.59 bits per heavy atom. The van der Waals surface area contributed by atoms with E-state index < -0.39 is 0 Å². The molecule has 1 aromatic heterocycles. The lowest BCUT2D eigenvalue weighted by molar-refractivity contribution is 0.103. The molecule has 1 heterocycles. The summed E-state index contributed by atoms with van der Waals surface area (Å²) in [7, 11) is 1.43. The third-order valence-electron chi connectivity index (χ3n) is 2.20. The molecule has 0 saturated heterocycles. The van der Waals surface area contributed by atoms with Crippen LogP contribution < -0.4 is 4.74 Å². The van der Waals surface area contributed by atoms with Gasteiger partial charge in [0.05, 0.1) is 12.7 Å². The molecule has 0 N–H and O–H groups in total. The number of hydrogen-bond donors (Lipinski definition) is 0. The van der Waals surface area contributed by atoms with Crippen LogP contribution in [0.4, 0.5) is 0 Å². The van der Waals surface area contributed by atoms with E-state index in [0.717, 1.165) is 0 Å². The predicted molar refractivity (Wildman–Crippen MR) is 63.5 cm³/mol. The van der Waals surface area contributed by atoms with E-state index in [1.807, 2.05) is 6.07 Å². The number of methoxy groups -OCH3 is 1. The highest BCUT2D eigenvalue weighted by Gasteiger charge is 2.16. The molecule has 0 bridgehead atoms. The predicted octanol–water partition coefficient (Wildman–Crippen LogP) is 2.37. The summed E-state index contributed by atoms with van der Waals surface area (Å²) in [5, 5.41) is 7.50. The van der Waals surface area contributed by atoms with Crippen LogP contribution in [0.2, 0.25) is 5.15 Å². The molecule has 0 aliphatic heterocycles. The first-order valence-electron chi connectivity index (χ1n) is 4.89. The first-order chi connectivity index (χ1) is 8.22. The summed E-state index contributed by atoms with van der Waals surface area (Å²) in [5.41, 5.74) is 0.855. The zero-order chi connectivity index (χ0) is 12.3. The SMILES string of the molecule is COc1nnc(Cl)cc1C(=O)c1ccccc1. The quantitative estimate of drug-likeness (QED) is 0.783. The van der Waals surface area contributed by atoms with E-state index in [9.17, 15) is 4.79 Å². The fourth-order valence-corrected chi connectivity index (χ4v) is 1.56. The molecule has 4 nitrogen and oxygen atoms in total. The number of aromatic nitrogens is 2. The van der Waals surface area contributed by atoms with Crippen LogP contribution in [0.15, 0.2) is 36.4 Å². The highest BCUT2D eigenvalue weighted by molar-refractivity contribution is 6.30. The monoisotopic (exact) mass is 248 g/mol. The van der Waals surface area contributed by atoms with Gasteiger partial charge in [-0.3, -0.25) is 4.79 Å². The Bertz CT molecular complexity index is 543. The van der Waals surface area contributed by atoms with E-state index in [1.165, 1.54) is 13.2 Å². The second-order valence-electron chi connectivity index (χ2n) is 3.29. The second kappa shape index (κ2) is 4.93. The number of ketones is 1. The molecule has 0 amide bonds. The van der Waals surface area contributed by atoms with Crippen molar-refractivity contribution >= 4 is 17.4 Å². The van der Waals surface area contributed by atoms with Crippen molar-refractivity contribution in [3.8, 4) is 5.88 Å². The van der Waals surface area contributed by atoms with Crippen LogP contribution in [0.25, 0.3) is 0 Å². The van der Waals surface area contributed by atoms with E-state index >= 15 is 0 Å². The normalized spacial score (nSPS) is 10.0.